The molecular formula is C72H140O17P2. The fourth-order valence-electron chi connectivity index (χ4n) is 10.9. The second-order valence-corrected chi connectivity index (χ2v) is 30.1. The predicted molar refractivity (Wildman–Crippen MR) is 368 cm³/mol. The summed E-state index contributed by atoms with van der Waals surface area (Å²) in [6.45, 7) is 11.7. The molecule has 0 saturated heterocycles. The maximum Gasteiger partial charge on any atom is 0.472 e. The van der Waals surface area contributed by atoms with E-state index in [-0.39, 0.29) is 25.7 Å². The van der Waals surface area contributed by atoms with E-state index in [1.54, 1.807) is 0 Å². The molecule has 0 spiro atoms. The van der Waals surface area contributed by atoms with Crippen LogP contribution in [0.2, 0.25) is 0 Å². The monoisotopic (exact) mass is 1340 g/mol. The van der Waals surface area contributed by atoms with Gasteiger partial charge in [0.15, 0.2) is 12.2 Å². The first kappa shape index (κ1) is 89.1. The van der Waals surface area contributed by atoms with Crippen LogP contribution in [0, 0.1) is 17.8 Å². The van der Waals surface area contributed by atoms with E-state index in [2.05, 4.69) is 48.5 Å². The number of hydrogen-bond donors (Lipinski definition) is 3. The third-order valence-corrected chi connectivity index (χ3v) is 18.9. The van der Waals surface area contributed by atoms with Crippen molar-refractivity contribution in [3.8, 4) is 0 Å². The highest BCUT2D eigenvalue weighted by Crippen LogP contribution is 2.45. The van der Waals surface area contributed by atoms with Crippen LogP contribution in [0.1, 0.15) is 363 Å². The summed E-state index contributed by atoms with van der Waals surface area (Å²) in [5.74, 6) is 0.0288. The smallest absolute Gasteiger partial charge is 0.462 e. The Morgan fingerprint density at radius 2 is 0.560 bits per heavy atom. The van der Waals surface area contributed by atoms with E-state index < -0.39 is 97.5 Å². The van der Waals surface area contributed by atoms with Crippen LogP contribution in [-0.4, -0.2) is 96.7 Å². The summed E-state index contributed by atoms with van der Waals surface area (Å²) in [4.78, 5) is 72.5. The number of hydrogen-bond acceptors (Lipinski definition) is 15. The van der Waals surface area contributed by atoms with Crippen molar-refractivity contribution in [1.82, 2.24) is 0 Å². The Hall–Kier alpha value is -1.94. The van der Waals surface area contributed by atoms with E-state index in [1.807, 2.05) is 0 Å². The quantitative estimate of drug-likeness (QED) is 0.0222. The Kier molecular flexibility index (Phi) is 61.5. The number of unbranched alkanes of at least 4 members (excludes halogenated alkanes) is 37. The minimum absolute atomic E-state index is 0.102. The molecule has 0 aromatic heterocycles. The zero-order valence-corrected chi connectivity index (χ0v) is 61.1. The van der Waals surface area contributed by atoms with E-state index in [9.17, 15) is 43.2 Å². The summed E-state index contributed by atoms with van der Waals surface area (Å²) in [5.41, 5.74) is 0. The van der Waals surface area contributed by atoms with Gasteiger partial charge in [-0.25, -0.2) is 9.13 Å². The van der Waals surface area contributed by atoms with E-state index in [0.717, 1.165) is 108 Å². The van der Waals surface area contributed by atoms with Gasteiger partial charge < -0.3 is 33.8 Å². The van der Waals surface area contributed by atoms with Gasteiger partial charge in [0.05, 0.1) is 26.4 Å². The molecule has 17 nitrogen and oxygen atoms in total. The van der Waals surface area contributed by atoms with Crippen LogP contribution >= 0.6 is 15.6 Å². The molecule has 6 atom stereocenters. The van der Waals surface area contributed by atoms with Crippen LogP contribution in [0.5, 0.6) is 0 Å². The molecule has 0 fully saturated rings. The molecule has 0 aliphatic rings. The second-order valence-electron chi connectivity index (χ2n) is 27.2. The summed E-state index contributed by atoms with van der Waals surface area (Å²) in [6.07, 6.45) is 47.5. The molecule has 0 saturated carbocycles. The molecule has 3 unspecified atom stereocenters. The minimum Gasteiger partial charge on any atom is -0.462 e. The Balaban J connectivity index is 5.21. The van der Waals surface area contributed by atoms with Gasteiger partial charge in [0.2, 0.25) is 0 Å². The lowest BCUT2D eigenvalue weighted by Crippen LogP contribution is -2.30. The van der Waals surface area contributed by atoms with Gasteiger partial charge in [-0.1, -0.05) is 312 Å². The highest BCUT2D eigenvalue weighted by molar-refractivity contribution is 7.47. The van der Waals surface area contributed by atoms with Gasteiger partial charge in [0.1, 0.15) is 19.3 Å². The number of rotatable bonds is 70. The first-order chi connectivity index (χ1) is 43.8. The fourth-order valence-corrected chi connectivity index (χ4v) is 12.4. The zero-order valence-electron chi connectivity index (χ0n) is 59.3. The second kappa shape index (κ2) is 62.8. The number of aliphatic hydroxyl groups excluding tert-OH is 1. The lowest BCUT2D eigenvalue weighted by atomic mass is 10.00. The van der Waals surface area contributed by atoms with Crippen molar-refractivity contribution in [3.05, 3.63) is 0 Å². The highest BCUT2D eigenvalue weighted by Gasteiger charge is 2.30. The SMILES string of the molecule is CCCCCCCCCCCCCCCCCCCCCC(=O)O[C@H](COC(=O)CCCCCCCCCCCCC(C)C)COP(=O)(O)OC[C@@H](O)COP(=O)(O)OC[C@@H](COC(=O)CCCCCCCCC(C)C)OC(=O)CCCCCCCCC(C)CC. The summed E-state index contributed by atoms with van der Waals surface area (Å²) in [5, 5.41) is 10.6. The van der Waals surface area contributed by atoms with Crippen LogP contribution in [0.4, 0.5) is 0 Å². The van der Waals surface area contributed by atoms with Crippen LogP contribution in [0.3, 0.4) is 0 Å². The first-order valence-electron chi connectivity index (χ1n) is 37.4. The Bertz CT molecular complexity index is 1790. The Morgan fingerprint density at radius 1 is 0.319 bits per heavy atom. The lowest BCUT2D eigenvalue weighted by molar-refractivity contribution is -0.161. The van der Waals surface area contributed by atoms with Crippen molar-refractivity contribution in [2.24, 2.45) is 17.8 Å². The summed E-state index contributed by atoms with van der Waals surface area (Å²) >= 11 is 0. The van der Waals surface area contributed by atoms with E-state index in [1.165, 1.54) is 167 Å². The van der Waals surface area contributed by atoms with E-state index in [0.29, 0.717) is 31.6 Å². The van der Waals surface area contributed by atoms with E-state index in [4.69, 9.17) is 37.0 Å². The summed E-state index contributed by atoms with van der Waals surface area (Å²) in [7, 11) is -9.90. The van der Waals surface area contributed by atoms with Crippen LogP contribution in [0.15, 0.2) is 0 Å². The number of esters is 4. The van der Waals surface area contributed by atoms with Gasteiger partial charge in [-0.15, -0.1) is 0 Å². The molecule has 0 aliphatic carbocycles. The molecule has 0 aliphatic heterocycles. The third kappa shape index (κ3) is 65.1. The number of ether oxygens (including phenoxy) is 4. The van der Waals surface area contributed by atoms with Crippen molar-refractivity contribution >= 4 is 39.5 Å². The molecule has 0 aromatic rings. The van der Waals surface area contributed by atoms with E-state index >= 15 is 0 Å². The average molecular weight is 1340 g/mol. The van der Waals surface area contributed by atoms with Crippen molar-refractivity contribution in [1.29, 1.82) is 0 Å². The fraction of sp³-hybridized carbons (Fsp3) is 0.944. The molecule has 0 radical (unpaired) electrons. The topological polar surface area (TPSA) is 237 Å². The molecule has 19 heteroatoms. The highest BCUT2D eigenvalue weighted by atomic mass is 31.2. The summed E-state index contributed by atoms with van der Waals surface area (Å²) in [6, 6.07) is 0. The molecule has 0 aromatic carbocycles. The largest absolute Gasteiger partial charge is 0.472 e. The van der Waals surface area contributed by atoms with Crippen molar-refractivity contribution in [3.63, 3.8) is 0 Å². The van der Waals surface area contributed by atoms with Gasteiger partial charge >= 0.3 is 39.5 Å². The van der Waals surface area contributed by atoms with Gasteiger partial charge in [-0.05, 0) is 43.4 Å². The molecule has 0 rings (SSSR count). The number of carbonyl (C=O) groups excluding carboxylic acids is 4. The molecule has 0 amide bonds. The molecule has 0 heterocycles. The van der Waals surface area contributed by atoms with Crippen LogP contribution < -0.4 is 0 Å². The number of phosphoric acid groups is 2. The molecular weight excluding hydrogens is 1200 g/mol. The molecule has 540 valence electrons. The first-order valence-corrected chi connectivity index (χ1v) is 40.4. The normalized spacial score (nSPS) is 14.5. The third-order valence-electron chi connectivity index (χ3n) is 17.0. The van der Waals surface area contributed by atoms with Gasteiger partial charge in [-0.3, -0.25) is 37.3 Å². The van der Waals surface area contributed by atoms with Crippen LogP contribution in [-0.2, 0) is 65.4 Å². The van der Waals surface area contributed by atoms with Crippen molar-refractivity contribution in [2.75, 3.05) is 39.6 Å². The minimum atomic E-state index is -4.95. The van der Waals surface area contributed by atoms with Gasteiger partial charge in [-0.2, -0.15) is 0 Å². The molecule has 3 N–H and O–H groups in total. The molecule has 0 bridgehead atoms. The number of carbonyl (C=O) groups is 4. The number of aliphatic hydroxyl groups is 1. The van der Waals surface area contributed by atoms with Crippen molar-refractivity contribution in [2.45, 2.75) is 381 Å². The number of phosphoric ester groups is 2. The van der Waals surface area contributed by atoms with Gasteiger partial charge in [0, 0.05) is 25.7 Å². The zero-order chi connectivity index (χ0) is 67.3. The lowest BCUT2D eigenvalue weighted by Gasteiger charge is -2.21. The van der Waals surface area contributed by atoms with Gasteiger partial charge in [0.25, 0.3) is 0 Å². The Labute approximate surface area is 556 Å². The predicted octanol–water partition coefficient (Wildman–Crippen LogP) is 20.6. The maximum absolute atomic E-state index is 13.0. The summed E-state index contributed by atoms with van der Waals surface area (Å²) < 4.78 is 68.3. The maximum atomic E-state index is 13.0. The van der Waals surface area contributed by atoms with Crippen molar-refractivity contribution < 1.29 is 80.2 Å². The molecule has 91 heavy (non-hydrogen) atoms. The Morgan fingerprint density at radius 3 is 0.835 bits per heavy atom. The average Bonchev–Trinajstić information content (AvgIpc) is 3.35. The standard InChI is InChI=1S/C72H140O17P2/c1-8-10-11-12-13-14-15-16-17-18-19-20-21-22-23-28-31-41-48-55-71(76)88-67(59-82-69(74)53-46-39-30-27-25-24-26-29-36-43-50-63(3)4)61-86-90(78,79)84-57-66(73)58-85-91(80,81)87-62-68(60-83-70(75)54-47-40-34-32-37-44-51-64(5)6)89-72(77)56-49-42-35-33-38-45-52-65(7)9-2/h63-68,73H,8-62H2,1-7H3,(H,78,79)(H,80,81)/t65?,66-,67-,68-/m1/s1. The van der Waals surface area contributed by atoms with Crippen LogP contribution in [0.25, 0.3) is 0 Å².